The van der Waals surface area contributed by atoms with Gasteiger partial charge in [-0.25, -0.2) is 0 Å². The van der Waals surface area contributed by atoms with Crippen LogP contribution in [0.2, 0.25) is 0 Å². The van der Waals surface area contributed by atoms with Gasteiger partial charge in [-0.15, -0.1) is 0 Å². The number of carbonyl (C=O) groups excluding carboxylic acids is 2. The summed E-state index contributed by atoms with van der Waals surface area (Å²) in [4.78, 5) is 27.8. The van der Waals surface area contributed by atoms with Crippen molar-refractivity contribution in [2.45, 2.75) is 91.0 Å². The highest BCUT2D eigenvalue weighted by Gasteiger charge is 2.45. The summed E-state index contributed by atoms with van der Waals surface area (Å²) in [6, 6.07) is 13.8. The predicted octanol–water partition coefficient (Wildman–Crippen LogP) is 7.16. The number of hydrogen-bond acceptors (Lipinski definition) is 2. The van der Waals surface area contributed by atoms with Crippen LogP contribution in [-0.2, 0) is 6.42 Å². The van der Waals surface area contributed by atoms with Gasteiger partial charge in [0, 0.05) is 16.7 Å². The molecule has 3 heteroatoms. The molecule has 0 aromatic heterocycles. The van der Waals surface area contributed by atoms with Crippen LogP contribution in [-0.4, -0.2) is 22.3 Å². The van der Waals surface area contributed by atoms with Gasteiger partial charge >= 0.3 is 0 Å². The summed E-state index contributed by atoms with van der Waals surface area (Å²) in [5.74, 6) is 6.01. The molecule has 1 atom stereocenters. The zero-order chi connectivity index (χ0) is 23.8. The highest BCUT2D eigenvalue weighted by atomic mass is 16.2. The second kappa shape index (κ2) is 11.3. The van der Waals surface area contributed by atoms with E-state index in [-0.39, 0.29) is 11.8 Å². The van der Waals surface area contributed by atoms with E-state index < -0.39 is 5.54 Å². The first-order valence-corrected chi connectivity index (χ1v) is 12.6. The molecule has 0 saturated heterocycles. The molecule has 3 rings (SSSR count). The Labute approximate surface area is 199 Å². The van der Waals surface area contributed by atoms with Crippen molar-refractivity contribution in [1.82, 2.24) is 4.90 Å². The van der Waals surface area contributed by atoms with Crippen LogP contribution >= 0.6 is 0 Å². The lowest BCUT2D eigenvalue weighted by molar-refractivity contribution is 0.0421. The number of rotatable bonds is 10. The third-order valence-corrected chi connectivity index (χ3v) is 6.88. The van der Waals surface area contributed by atoms with Crippen molar-refractivity contribution in [2.75, 3.05) is 0 Å². The molecule has 0 fully saturated rings. The maximum absolute atomic E-state index is 13.2. The quantitative estimate of drug-likeness (QED) is 0.222. The third kappa shape index (κ3) is 5.74. The number of benzene rings is 2. The predicted molar refractivity (Wildman–Crippen MR) is 135 cm³/mol. The van der Waals surface area contributed by atoms with Crippen molar-refractivity contribution >= 4 is 11.8 Å². The summed E-state index contributed by atoms with van der Waals surface area (Å²) in [6.07, 6.45) is 9.79. The standard InChI is InChI=1S/C30H37NO2/c1-5-8-10-11-12-23-13-15-24(16-14-23)17-18-25-19-20-26-27(22-25)29(33)31(28(26)32)30(4,7-3)21-9-6-2/h13-16,19-20,22H,5-12,21H2,1-4H3. The van der Waals surface area contributed by atoms with E-state index in [1.54, 1.807) is 12.1 Å². The number of unbranched alkanes of at least 4 members (excludes halogenated alkanes) is 4. The van der Waals surface area contributed by atoms with Gasteiger partial charge in [0.05, 0.1) is 11.1 Å². The van der Waals surface area contributed by atoms with E-state index in [9.17, 15) is 9.59 Å². The van der Waals surface area contributed by atoms with Crippen molar-refractivity contribution in [2.24, 2.45) is 0 Å². The number of fused-ring (bicyclic) bond motifs is 1. The van der Waals surface area contributed by atoms with Crippen molar-refractivity contribution in [3.05, 3.63) is 70.3 Å². The minimum atomic E-state index is -0.451. The van der Waals surface area contributed by atoms with Crippen LogP contribution in [0, 0.1) is 11.8 Å². The summed E-state index contributed by atoms with van der Waals surface area (Å²) in [7, 11) is 0. The zero-order valence-corrected chi connectivity index (χ0v) is 20.7. The van der Waals surface area contributed by atoms with Gasteiger partial charge in [-0.2, -0.15) is 0 Å². The number of aryl methyl sites for hydroxylation is 1. The van der Waals surface area contributed by atoms with Crippen molar-refractivity contribution in [3.8, 4) is 11.8 Å². The van der Waals surface area contributed by atoms with E-state index in [4.69, 9.17) is 0 Å². The van der Waals surface area contributed by atoms with Crippen LogP contribution in [0.3, 0.4) is 0 Å². The van der Waals surface area contributed by atoms with Crippen LogP contribution in [0.5, 0.6) is 0 Å². The molecule has 174 valence electrons. The van der Waals surface area contributed by atoms with Gasteiger partial charge in [-0.1, -0.05) is 76.8 Å². The topological polar surface area (TPSA) is 37.4 Å². The summed E-state index contributed by atoms with van der Waals surface area (Å²) < 4.78 is 0. The van der Waals surface area contributed by atoms with Crippen LogP contribution in [0.15, 0.2) is 42.5 Å². The minimum absolute atomic E-state index is 0.176. The summed E-state index contributed by atoms with van der Waals surface area (Å²) >= 11 is 0. The summed E-state index contributed by atoms with van der Waals surface area (Å²) in [5.41, 5.74) is 3.58. The molecule has 1 heterocycles. The van der Waals surface area contributed by atoms with Gasteiger partial charge in [0.25, 0.3) is 11.8 Å². The second-order valence-electron chi connectivity index (χ2n) is 9.42. The molecule has 0 N–H and O–H groups in total. The lowest BCUT2D eigenvalue weighted by Crippen LogP contribution is -2.49. The first-order chi connectivity index (χ1) is 15.9. The first kappa shape index (κ1) is 24.8. The molecule has 1 aliphatic heterocycles. The van der Waals surface area contributed by atoms with Gasteiger partial charge in [-0.3, -0.25) is 14.5 Å². The lowest BCUT2D eigenvalue weighted by Gasteiger charge is -2.36. The highest BCUT2D eigenvalue weighted by Crippen LogP contribution is 2.35. The normalized spacial score (nSPS) is 14.6. The monoisotopic (exact) mass is 443 g/mol. The molecular weight excluding hydrogens is 406 g/mol. The number of amides is 2. The Bertz CT molecular complexity index is 1040. The van der Waals surface area contributed by atoms with E-state index in [0.717, 1.165) is 43.2 Å². The minimum Gasteiger partial charge on any atom is -0.269 e. The van der Waals surface area contributed by atoms with Gasteiger partial charge in [0.1, 0.15) is 0 Å². The molecule has 0 spiro atoms. The SMILES string of the molecule is CCCCCCc1ccc(C#Cc2ccc3c(c2)C(=O)N(C(C)(CC)CCCC)C3=O)cc1. The Balaban J connectivity index is 1.74. The smallest absolute Gasteiger partial charge is 0.262 e. The molecule has 1 unspecified atom stereocenters. The van der Waals surface area contributed by atoms with Crippen molar-refractivity contribution in [1.29, 1.82) is 0 Å². The van der Waals surface area contributed by atoms with E-state index in [2.05, 4.69) is 50.0 Å². The average molecular weight is 444 g/mol. The average Bonchev–Trinajstić information content (AvgIpc) is 3.09. The molecule has 0 saturated carbocycles. The van der Waals surface area contributed by atoms with Crippen molar-refractivity contribution < 1.29 is 9.59 Å². The molecular formula is C30H37NO2. The largest absolute Gasteiger partial charge is 0.269 e. The van der Waals surface area contributed by atoms with Crippen LogP contribution in [0.4, 0.5) is 0 Å². The molecule has 33 heavy (non-hydrogen) atoms. The van der Waals surface area contributed by atoms with Crippen molar-refractivity contribution in [3.63, 3.8) is 0 Å². The number of hydrogen-bond donors (Lipinski definition) is 0. The molecule has 2 amide bonds. The summed E-state index contributed by atoms with van der Waals surface area (Å²) in [6.45, 7) is 8.43. The van der Waals surface area contributed by atoms with Crippen LogP contribution in [0.1, 0.15) is 116 Å². The third-order valence-electron chi connectivity index (χ3n) is 6.88. The van der Waals surface area contributed by atoms with Gasteiger partial charge in [0.15, 0.2) is 0 Å². The maximum Gasteiger partial charge on any atom is 0.262 e. The Hall–Kier alpha value is -2.86. The number of carbonyl (C=O) groups is 2. The fourth-order valence-electron chi connectivity index (χ4n) is 4.47. The van der Waals surface area contributed by atoms with Crippen LogP contribution < -0.4 is 0 Å². The zero-order valence-electron chi connectivity index (χ0n) is 20.7. The van der Waals surface area contributed by atoms with Gasteiger partial charge in [-0.05, 0) is 68.5 Å². The maximum atomic E-state index is 13.2. The van der Waals surface area contributed by atoms with E-state index in [1.807, 2.05) is 19.9 Å². The molecule has 0 radical (unpaired) electrons. The van der Waals surface area contributed by atoms with E-state index in [0.29, 0.717) is 11.1 Å². The molecule has 2 aromatic carbocycles. The second-order valence-corrected chi connectivity index (χ2v) is 9.42. The Kier molecular flexibility index (Phi) is 8.50. The van der Waals surface area contributed by atoms with Crippen LogP contribution in [0.25, 0.3) is 0 Å². The fourth-order valence-corrected chi connectivity index (χ4v) is 4.47. The molecule has 0 aliphatic carbocycles. The lowest BCUT2D eigenvalue weighted by atomic mass is 9.90. The van der Waals surface area contributed by atoms with Gasteiger partial charge in [0.2, 0.25) is 0 Å². The van der Waals surface area contributed by atoms with E-state index >= 15 is 0 Å². The van der Waals surface area contributed by atoms with Gasteiger partial charge < -0.3 is 0 Å². The number of nitrogens with zero attached hydrogens (tertiary/aromatic N) is 1. The fraction of sp³-hybridized carbons (Fsp3) is 0.467. The highest BCUT2D eigenvalue weighted by molar-refractivity contribution is 6.22. The molecule has 2 aromatic rings. The first-order valence-electron chi connectivity index (χ1n) is 12.6. The molecule has 3 nitrogen and oxygen atoms in total. The Morgan fingerprint density at radius 1 is 0.758 bits per heavy atom. The summed E-state index contributed by atoms with van der Waals surface area (Å²) in [5, 5.41) is 0. The molecule has 0 bridgehead atoms. The van der Waals surface area contributed by atoms with E-state index in [1.165, 1.54) is 36.1 Å². The Morgan fingerprint density at radius 3 is 2.06 bits per heavy atom. The number of imide groups is 1. The molecule has 1 aliphatic rings. The Morgan fingerprint density at radius 2 is 1.39 bits per heavy atom.